The van der Waals surface area contributed by atoms with E-state index < -0.39 is 0 Å². The standard InChI is InChI=1S/C11H20N2O/c1-2-3-8-12-9-4-5-11(14)13-10-6-7-10/h2-3,10,12H,4-9H2,1H3,(H,13,14)/b3-2+. The van der Waals surface area contributed by atoms with Gasteiger partial charge in [-0.2, -0.15) is 0 Å². The molecule has 1 aliphatic rings. The molecule has 1 saturated carbocycles. The third kappa shape index (κ3) is 5.75. The summed E-state index contributed by atoms with van der Waals surface area (Å²) in [5.41, 5.74) is 0. The Morgan fingerprint density at radius 1 is 1.50 bits per heavy atom. The van der Waals surface area contributed by atoms with E-state index in [0.29, 0.717) is 12.5 Å². The molecule has 80 valence electrons. The molecule has 3 nitrogen and oxygen atoms in total. The normalized spacial score (nSPS) is 16.1. The molecule has 0 aromatic heterocycles. The van der Waals surface area contributed by atoms with E-state index in [-0.39, 0.29) is 5.91 Å². The Morgan fingerprint density at radius 3 is 2.93 bits per heavy atom. The fraction of sp³-hybridized carbons (Fsp3) is 0.727. The Kier molecular flexibility index (Phi) is 5.30. The summed E-state index contributed by atoms with van der Waals surface area (Å²) in [6.45, 7) is 3.83. The van der Waals surface area contributed by atoms with Crippen LogP contribution in [-0.2, 0) is 4.79 Å². The summed E-state index contributed by atoms with van der Waals surface area (Å²) in [6, 6.07) is 0.499. The van der Waals surface area contributed by atoms with Crippen LogP contribution in [0.4, 0.5) is 0 Å². The van der Waals surface area contributed by atoms with Crippen LogP contribution in [0.1, 0.15) is 32.6 Å². The van der Waals surface area contributed by atoms with Gasteiger partial charge < -0.3 is 10.6 Å². The molecule has 0 aromatic rings. The predicted octanol–water partition coefficient (Wildman–Crippen LogP) is 1.21. The molecule has 0 unspecified atom stereocenters. The van der Waals surface area contributed by atoms with Gasteiger partial charge in [0.05, 0.1) is 0 Å². The number of nitrogens with one attached hydrogen (secondary N) is 2. The van der Waals surface area contributed by atoms with Crippen LogP contribution in [0.2, 0.25) is 0 Å². The minimum absolute atomic E-state index is 0.209. The second-order valence-corrected chi connectivity index (χ2v) is 3.72. The summed E-state index contributed by atoms with van der Waals surface area (Å²) in [4.78, 5) is 11.2. The number of rotatable bonds is 7. The van der Waals surface area contributed by atoms with Crippen molar-refractivity contribution < 1.29 is 4.79 Å². The first-order valence-corrected chi connectivity index (χ1v) is 5.44. The summed E-state index contributed by atoms with van der Waals surface area (Å²) in [5, 5.41) is 6.22. The van der Waals surface area contributed by atoms with Crippen LogP contribution in [-0.4, -0.2) is 25.0 Å². The van der Waals surface area contributed by atoms with Crippen LogP contribution in [0.3, 0.4) is 0 Å². The SMILES string of the molecule is C/C=C/CNCCCC(=O)NC1CC1. The number of carbonyl (C=O) groups is 1. The lowest BCUT2D eigenvalue weighted by atomic mass is 10.3. The van der Waals surface area contributed by atoms with Gasteiger partial charge in [-0.05, 0) is 32.7 Å². The van der Waals surface area contributed by atoms with Crippen molar-refractivity contribution in [3.8, 4) is 0 Å². The van der Waals surface area contributed by atoms with Gasteiger partial charge in [0, 0.05) is 19.0 Å². The van der Waals surface area contributed by atoms with E-state index in [4.69, 9.17) is 0 Å². The average molecular weight is 196 g/mol. The zero-order chi connectivity index (χ0) is 10.2. The highest BCUT2D eigenvalue weighted by molar-refractivity contribution is 5.76. The lowest BCUT2D eigenvalue weighted by Crippen LogP contribution is -2.26. The van der Waals surface area contributed by atoms with Gasteiger partial charge in [0.25, 0.3) is 0 Å². The largest absolute Gasteiger partial charge is 0.353 e. The Bertz CT molecular complexity index is 197. The van der Waals surface area contributed by atoms with E-state index >= 15 is 0 Å². The van der Waals surface area contributed by atoms with E-state index in [0.717, 1.165) is 19.5 Å². The fourth-order valence-electron chi connectivity index (χ4n) is 1.20. The van der Waals surface area contributed by atoms with Gasteiger partial charge in [0.2, 0.25) is 5.91 Å². The minimum atomic E-state index is 0.209. The van der Waals surface area contributed by atoms with Crippen molar-refractivity contribution in [2.24, 2.45) is 0 Å². The molecule has 14 heavy (non-hydrogen) atoms. The van der Waals surface area contributed by atoms with Crippen molar-refractivity contribution in [2.45, 2.75) is 38.6 Å². The van der Waals surface area contributed by atoms with E-state index in [2.05, 4.69) is 16.7 Å². The lowest BCUT2D eigenvalue weighted by molar-refractivity contribution is -0.121. The molecule has 0 heterocycles. The van der Waals surface area contributed by atoms with Crippen LogP contribution in [0, 0.1) is 0 Å². The Hall–Kier alpha value is -0.830. The van der Waals surface area contributed by atoms with Gasteiger partial charge in [-0.3, -0.25) is 4.79 Å². The van der Waals surface area contributed by atoms with Gasteiger partial charge in [0.1, 0.15) is 0 Å². The maximum absolute atomic E-state index is 11.2. The van der Waals surface area contributed by atoms with Crippen molar-refractivity contribution in [2.75, 3.05) is 13.1 Å². The summed E-state index contributed by atoms with van der Waals surface area (Å²) in [6.07, 6.45) is 8.02. The lowest BCUT2D eigenvalue weighted by Gasteiger charge is -2.03. The van der Waals surface area contributed by atoms with Gasteiger partial charge in [-0.25, -0.2) is 0 Å². The second kappa shape index (κ2) is 6.60. The maximum atomic E-state index is 11.2. The first-order chi connectivity index (χ1) is 6.83. The molecule has 0 radical (unpaired) electrons. The van der Waals surface area contributed by atoms with Crippen molar-refractivity contribution >= 4 is 5.91 Å². The summed E-state index contributed by atoms with van der Waals surface area (Å²) in [7, 11) is 0. The van der Waals surface area contributed by atoms with Crippen LogP contribution in [0.15, 0.2) is 12.2 Å². The van der Waals surface area contributed by atoms with Crippen LogP contribution >= 0.6 is 0 Å². The molecule has 0 aromatic carbocycles. The first-order valence-electron chi connectivity index (χ1n) is 5.44. The molecular formula is C11H20N2O. The summed E-state index contributed by atoms with van der Waals surface area (Å²) in [5.74, 6) is 0.209. The molecule has 0 aliphatic heterocycles. The van der Waals surface area contributed by atoms with Gasteiger partial charge in [-0.15, -0.1) is 0 Å². The molecule has 2 N–H and O–H groups in total. The highest BCUT2D eigenvalue weighted by Crippen LogP contribution is 2.18. The number of carbonyl (C=O) groups excluding carboxylic acids is 1. The molecule has 0 spiro atoms. The van der Waals surface area contributed by atoms with Crippen molar-refractivity contribution in [1.29, 1.82) is 0 Å². The zero-order valence-corrected chi connectivity index (χ0v) is 8.88. The van der Waals surface area contributed by atoms with Crippen molar-refractivity contribution in [1.82, 2.24) is 10.6 Å². The van der Waals surface area contributed by atoms with Gasteiger partial charge >= 0.3 is 0 Å². The third-order valence-corrected chi connectivity index (χ3v) is 2.20. The second-order valence-electron chi connectivity index (χ2n) is 3.72. The van der Waals surface area contributed by atoms with Crippen molar-refractivity contribution in [3.05, 3.63) is 12.2 Å². The van der Waals surface area contributed by atoms with E-state index in [1.54, 1.807) is 0 Å². The highest BCUT2D eigenvalue weighted by Gasteiger charge is 2.22. The summed E-state index contributed by atoms with van der Waals surface area (Å²) >= 11 is 0. The molecule has 0 atom stereocenters. The Balaban J connectivity index is 1.84. The molecule has 1 amide bonds. The van der Waals surface area contributed by atoms with Gasteiger partial charge in [0.15, 0.2) is 0 Å². The monoisotopic (exact) mass is 196 g/mol. The zero-order valence-electron chi connectivity index (χ0n) is 8.88. The Morgan fingerprint density at radius 2 is 2.29 bits per heavy atom. The molecular weight excluding hydrogens is 176 g/mol. The quantitative estimate of drug-likeness (QED) is 0.474. The van der Waals surface area contributed by atoms with Crippen LogP contribution in [0.5, 0.6) is 0 Å². The van der Waals surface area contributed by atoms with Gasteiger partial charge in [-0.1, -0.05) is 12.2 Å². The minimum Gasteiger partial charge on any atom is -0.353 e. The molecule has 3 heteroatoms. The van der Waals surface area contributed by atoms with Crippen molar-refractivity contribution in [3.63, 3.8) is 0 Å². The molecule has 1 aliphatic carbocycles. The Labute approximate surface area is 86.0 Å². The predicted molar refractivity (Wildman–Crippen MR) is 58.1 cm³/mol. The summed E-state index contributed by atoms with van der Waals surface area (Å²) < 4.78 is 0. The number of hydrogen-bond acceptors (Lipinski definition) is 2. The third-order valence-electron chi connectivity index (χ3n) is 2.20. The van der Waals surface area contributed by atoms with E-state index in [9.17, 15) is 4.79 Å². The van der Waals surface area contributed by atoms with Crippen LogP contribution in [0.25, 0.3) is 0 Å². The maximum Gasteiger partial charge on any atom is 0.220 e. The molecule has 0 bridgehead atoms. The number of amides is 1. The smallest absolute Gasteiger partial charge is 0.220 e. The average Bonchev–Trinajstić information content (AvgIpc) is 2.95. The molecule has 0 saturated heterocycles. The van der Waals surface area contributed by atoms with E-state index in [1.165, 1.54) is 12.8 Å². The molecule has 1 rings (SSSR count). The fourth-order valence-corrected chi connectivity index (χ4v) is 1.20. The number of allylic oxidation sites excluding steroid dienone is 1. The highest BCUT2D eigenvalue weighted by atomic mass is 16.1. The topological polar surface area (TPSA) is 41.1 Å². The first kappa shape index (κ1) is 11.2. The van der Waals surface area contributed by atoms with Crippen LogP contribution < -0.4 is 10.6 Å². The molecule has 1 fully saturated rings. The van der Waals surface area contributed by atoms with E-state index in [1.807, 2.05) is 13.0 Å². The number of hydrogen-bond donors (Lipinski definition) is 2.